The van der Waals surface area contributed by atoms with Crippen LogP contribution in [0.3, 0.4) is 0 Å². The first-order valence-electron chi connectivity index (χ1n) is 9.71. The molecule has 0 unspecified atom stereocenters. The van der Waals surface area contributed by atoms with Crippen molar-refractivity contribution in [3.05, 3.63) is 65.2 Å². The van der Waals surface area contributed by atoms with Crippen molar-refractivity contribution < 1.29 is 27.4 Å². The van der Waals surface area contributed by atoms with E-state index in [-0.39, 0.29) is 12.6 Å². The van der Waals surface area contributed by atoms with Crippen molar-refractivity contribution in [1.29, 1.82) is 0 Å². The Hall–Kier alpha value is -2.45. The highest BCUT2D eigenvalue weighted by molar-refractivity contribution is 7.97. The van der Waals surface area contributed by atoms with E-state index in [1.165, 1.54) is 31.1 Å². The SMILES string of the molecule is C=C(C)c1cc(SN)cc(C(F)(F)F)c1.COC(=O)COc1cccc2c1CCCC2. The number of rotatable bonds is 5. The molecule has 2 aromatic carbocycles. The Morgan fingerprint density at radius 3 is 2.52 bits per heavy atom. The van der Waals surface area contributed by atoms with E-state index in [4.69, 9.17) is 9.88 Å². The molecule has 4 nitrogen and oxygen atoms in total. The van der Waals surface area contributed by atoms with E-state index in [0.717, 1.165) is 42.7 Å². The van der Waals surface area contributed by atoms with Crippen molar-refractivity contribution in [1.82, 2.24) is 0 Å². The third kappa shape index (κ3) is 7.33. The lowest BCUT2D eigenvalue weighted by Gasteiger charge is -2.18. The minimum Gasteiger partial charge on any atom is -0.482 e. The lowest BCUT2D eigenvalue weighted by molar-refractivity contribution is -0.143. The minimum atomic E-state index is -4.35. The number of hydrogen-bond acceptors (Lipinski definition) is 5. The maximum Gasteiger partial charge on any atom is 0.416 e. The first-order chi connectivity index (χ1) is 14.7. The van der Waals surface area contributed by atoms with Crippen LogP contribution in [0.1, 0.15) is 42.0 Å². The van der Waals surface area contributed by atoms with E-state index in [2.05, 4.69) is 17.4 Å². The molecule has 2 aromatic rings. The topological polar surface area (TPSA) is 61.5 Å². The predicted octanol–water partition coefficient (Wildman–Crippen LogP) is 5.82. The first-order valence-corrected chi connectivity index (χ1v) is 10.6. The molecular formula is C23H26F3NO3S. The van der Waals surface area contributed by atoms with Crippen LogP contribution in [0.4, 0.5) is 13.2 Å². The van der Waals surface area contributed by atoms with Crippen molar-refractivity contribution >= 4 is 23.5 Å². The molecule has 0 fully saturated rings. The van der Waals surface area contributed by atoms with E-state index in [1.807, 2.05) is 12.1 Å². The van der Waals surface area contributed by atoms with Crippen LogP contribution in [0.2, 0.25) is 0 Å². The number of nitrogens with two attached hydrogens (primary N) is 1. The molecule has 0 aliphatic heterocycles. The molecule has 0 saturated carbocycles. The summed E-state index contributed by atoms with van der Waals surface area (Å²) in [5.74, 6) is 0.496. The van der Waals surface area contributed by atoms with Crippen molar-refractivity contribution in [3.8, 4) is 5.75 Å². The molecule has 1 aliphatic carbocycles. The summed E-state index contributed by atoms with van der Waals surface area (Å²) >= 11 is 0.790. The Balaban J connectivity index is 0.000000221. The zero-order valence-corrected chi connectivity index (χ0v) is 18.4. The van der Waals surface area contributed by atoms with Crippen LogP contribution in [-0.2, 0) is 28.5 Å². The van der Waals surface area contributed by atoms with Crippen LogP contribution in [0.5, 0.6) is 5.75 Å². The van der Waals surface area contributed by atoms with Crippen molar-refractivity contribution in [2.75, 3.05) is 13.7 Å². The molecule has 0 saturated heterocycles. The molecule has 2 N–H and O–H groups in total. The molecule has 8 heteroatoms. The molecule has 0 aromatic heterocycles. The summed E-state index contributed by atoms with van der Waals surface area (Å²) in [6.45, 7) is 5.25. The molecule has 31 heavy (non-hydrogen) atoms. The van der Waals surface area contributed by atoms with Crippen LogP contribution in [0.15, 0.2) is 47.9 Å². The Labute approximate surface area is 184 Å². The molecule has 168 valence electrons. The number of benzene rings is 2. The predicted molar refractivity (Wildman–Crippen MR) is 117 cm³/mol. The van der Waals surface area contributed by atoms with Crippen molar-refractivity contribution in [3.63, 3.8) is 0 Å². The van der Waals surface area contributed by atoms with Gasteiger partial charge in [0, 0.05) is 4.90 Å². The van der Waals surface area contributed by atoms with Gasteiger partial charge in [0.05, 0.1) is 12.7 Å². The highest BCUT2D eigenvalue weighted by atomic mass is 32.2. The number of aryl methyl sites for hydroxylation is 1. The third-order valence-corrected chi connectivity index (χ3v) is 5.30. The fraction of sp³-hybridized carbons (Fsp3) is 0.348. The third-order valence-electron chi connectivity index (χ3n) is 4.79. The Kier molecular flexibility index (Phi) is 9.00. The fourth-order valence-electron chi connectivity index (χ4n) is 3.15. The van der Waals surface area contributed by atoms with E-state index in [1.54, 1.807) is 13.0 Å². The number of carbonyl (C=O) groups excluding carboxylic acids is 1. The molecule has 0 bridgehead atoms. The highest BCUT2D eigenvalue weighted by Gasteiger charge is 2.31. The van der Waals surface area contributed by atoms with Crippen LogP contribution in [-0.4, -0.2) is 19.7 Å². The Morgan fingerprint density at radius 2 is 1.90 bits per heavy atom. The number of hydrogen-bond donors (Lipinski definition) is 1. The fourth-order valence-corrected chi connectivity index (χ4v) is 3.54. The summed E-state index contributed by atoms with van der Waals surface area (Å²) in [6, 6.07) is 9.73. The summed E-state index contributed by atoms with van der Waals surface area (Å²) in [5, 5.41) is 5.25. The summed E-state index contributed by atoms with van der Waals surface area (Å²) in [7, 11) is 1.37. The van der Waals surface area contributed by atoms with Gasteiger partial charge < -0.3 is 9.47 Å². The second-order valence-corrected chi connectivity index (χ2v) is 7.81. The number of fused-ring (bicyclic) bond motifs is 1. The molecule has 0 spiro atoms. The lowest BCUT2D eigenvalue weighted by Crippen LogP contribution is -2.14. The monoisotopic (exact) mass is 453 g/mol. The van der Waals surface area contributed by atoms with Crippen LogP contribution in [0, 0.1) is 0 Å². The van der Waals surface area contributed by atoms with Gasteiger partial charge in [-0.15, -0.1) is 0 Å². The smallest absolute Gasteiger partial charge is 0.416 e. The van der Waals surface area contributed by atoms with Crippen molar-refractivity contribution in [2.45, 2.75) is 43.7 Å². The minimum absolute atomic E-state index is 0.00699. The lowest BCUT2D eigenvalue weighted by atomic mass is 9.91. The summed E-state index contributed by atoms with van der Waals surface area (Å²) in [5.41, 5.74) is 2.95. The van der Waals surface area contributed by atoms with Crippen LogP contribution in [0.25, 0.3) is 5.57 Å². The van der Waals surface area contributed by atoms with Crippen LogP contribution >= 0.6 is 11.9 Å². The maximum atomic E-state index is 12.5. The number of carbonyl (C=O) groups is 1. The second kappa shape index (κ2) is 11.2. The van der Waals surface area contributed by atoms with Gasteiger partial charge >= 0.3 is 12.1 Å². The molecule has 0 atom stereocenters. The maximum absolute atomic E-state index is 12.5. The van der Waals surface area contributed by atoms with Gasteiger partial charge in [-0.3, -0.25) is 5.14 Å². The standard InChI is InChI=1S/C13H16O3.C10H10F3NS/c1-15-13(14)9-16-12-8-4-6-10-5-2-3-7-11(10)12;1-6(2)7-3-8(10(11,12)13)5-9(4-7)15-14/h4,6,8H,2-3,5,7,9H2,1H3;3-5H,1,14H2,2H3. The summed E-state index contributed by atoms with van der Waals surface area (Å²) in [4.78, 5) is 11.4. The molecular weight excluding hydrogens is 427 g/mol. The van der Waals surface area contributed by atoms with Gasteiger partial charge in [-0.2, -0.15) is 13.2 Å². The second-order valence-electron chi connectivity index (χ2n) is 7.11. The van der Waals surface area contributed by atoms with Gasteiger partial charge in [0.1, 0.15) is 5.75 Å². The van der Waals surface area contributed by atoms with Gasteiger partial charge in [0.15, 0.2) is 6.61 Å². The van der Waals surface area contributed by atoms with Gasteiger partial charge in [-0.25, -0.2) is 4.79 Å². The normalized spacial score (nSPS) is 12.8. The molecule has 0 radical (unpaired) electrons. The molecule has 0 amide bonds. The van der Waals surface area contributed by atoms with Gasteiger partial charge in [0.25, 0.3) is 0 Å². The zero-order valence-electron chi connectivity index (χ0n) is 17.6. The average Bonchev–Trinajstić information content (AvgIpc) is 2.76. The number of ether oxygens (including phenoxy) is 2. The summed E-state index contributed by atoms with van der Waals surface area (Å²) in [6.07, 6.45) is 0.256. The molecule has 1 aliphatic rings. The molecule has 3 rings (SSSR count). The number of methoxy groups -OCH3 is 1. The van der Waals surface area contributed by atoms with E-state index in [0.29, 0.717) is 16.0 Å². The van der Waals surface area contributed by atoms with Crippen molar-refractivity contribution in [2.24, 2.45) is 5.14 Å². The van der Waals surface area contributed by atoms with E-state index < -0.39 is 11.7 Å². The largest absolute Gasteiger partial charge is 0.482 e. The van der Waals surface area contributed by atoms with Gasteiger partial charge in [-0.05, 0) is 85.5 Å². The number of allylic oxidation sites excluding steroid dienone is 1. The Morgan fingerprint density at radius 1 is 1.19 bits per heavy atom. The van der Waals surface area contributed by atoms with E-state index >= 15 is 0 Å². The quantitative estimate of drug-likeness (QED) is 0.457. The molecule has 0 heterocycles. The van der Waals surface area contributed by atoms with Gasteiger partial charge in [-0.1, -0.05) is 24.3 Å². The first kappa shape index (κ1) is 24.8. The van der Waals surface area contributed by atoms with Crippen LogP contribution < -0.4 is 9.88 Å². The summed E-state index contributed by atoms with van der Waals surface area (Å²) < 4.78 is 47.4. The zero-order chi connectivity index (χ0) is 23.0. The average molecular weight is 454 g/mol. The number of halogens is 3. The van der Waals surface area contributed by atoms with E-state index in [9.17, 15) is 18.0 Å². The number of esters is 1. The highest BCUT2D eigenvalue weighted by Crippen LogP contribution is 2.33. The van der Waals surface area contributed by atoms with Gasteiger partial charge in [0.2, 0.25) is 0 Å². The number of alkyl halides is 3. The Bertz CT molecular complexity index is 929.